The van der Waals surface area contributed by atoms with Gasteiger partial charge < -0.3 is 10.0 Å². The van der Waals surface area contributed by atoms with Gasteiger partial charge in [0.1, 0.15) is 11.4 Å². The number of carbonyl (C=O) groups is 1. The molecule has 94 valence electrons. The molecule has 2 aliphatic rings. The van der Waals surface area contributed by atoms with Gasteiger partial charge in [-0.25, -0.2) is 0 Å². The van der Waals surface area contributed by atoms with Gasteiger partial charge in [-0.3, -0.25) is 9.79 Å². The van der Waals surface area contributed by atoms with E-state index in [4.69, 9.17) is 21.9 Å². The molecule has 5 heteroatoms. The van der Waals surface area contributed by atoms with Crippen molar-refractivity contribution in [1.82, 2.24) is 5.31 Å². The van der Waals surface area contributed by atoms with Crippen LogP contribution in [0.2, 0.25) is 6.43 Å². The van der Waals surface area contributed by atoms with Crippen molar-refractivity contribution < 1.29 is 15.1 Å². The van der Waals surface area contributed by atoms with Crippen molar-refractivity contribution in [1.29, 1.82) is 0 Å². The monoisotopic (exact) mass is 268 g/mol. The van der Waals surface area contributed by atoms with Crippen molar-refractivity contribution in [3.05, 3.63) is 34.9 Å². The number of hydrogen-bond acceptors (Lipinski definition) is 3. The fourth-order valence-electron chi connectivity index (χ4n) is 1.92. The van der Waals surface area contributed by atoms with Crippen molar-refractivity contribution >= 4 is 23.2 Å². The molecule has 18 heavy (non-hydrogen) atoms. The number of aliphatic imine (C=N–C) groups is 1. The van der Waals surface area contributed by atoms with Crippen molar-refractivity contribution in [3.63, 3.8) is 0 Å². The summed E-state index contributed by atoms with van der Waals surface area (Å²) in [5, 5.41) is 1.04. The summed E-state index contributed by atoms with van der Waals surface area (Å²) >= 11 is 5.82. The van der Waals surface area contributed by atoms with Crippen LogP contribution in [-0.4, -0.2) is 30.5 Å². The summed E-state index contributed by atoms with van der Waals surface area (Å²) in [5.41, 5.74) is -1.26. The third kappa shape index (κ3) is 2.02. The number of hydrogen-bond donors (Lipinski definition) is 1. The van der Waals surface area contributed by atoms with Crippen molar-refractivity contribution in [2.45, 2.75) is 18.5 Å². The van der Waals surface area contributed by atoms with Crippen LogP contribution >= 0.6 is 11.6 Å². The Hall–Kier alpha value is -1.39. The van der Waals surface area contributed by atoms with Gasteiger partial charge in [-0.2, -0.15) is 0 Å². The highest BCUT2D eigenvalue weighted by Crippen LogP contribution is 2.27. The van der Waals surface area contributed by atoms with E-state index in [1.165, 1.54) is 0 Å². The average molecular weight is 269 g/mol. The van der Waals surface area contributed by atoms with E-state index in [2.05, 4.69) is 4.99 Å². The molecule has 1 N–H and O–H groups in total. The quantitative estimate of drug-likeness (QED) is 0.844. The molecular weight excluding hydrogens is 252 g/mol. The number of carbonyl (C=O) groups excluding carboxylic acids is 1. The fraction of sp³-hybridized carbons (Fsp3) is 0.385. The topological polar surface area (TPSA) is 50.7 Å². The van der Waals surface area contributed by atoms with Gasteiger partial charge in [0.05, 0.1) is 14.6 Å². The summed E-state index contributed by atoms with van der Waals surface area (Å²) in [4.78, 5) is 16.6. The number of nitrogens with one attached hydrogen (secondary N) is 1. The van der Waals surface area contributed by atoms with Crippen LogP contribution in [0.5, 0.6) is 0 Å². The van der Waals surface area contributed by atoms with E-state index in [1.807, 2.05) is 0 Å². The second-order valence-electron chi connectivity index (χ2n) is 4.08. The maximum absolute atomic E-state index is 12.4. The van der Waals surface area contributed by atoms with E-state index < -0.39 is 24.5 Å². The van der Waals surface area contributed by atoms with E-state index >= 15 is 0 Å². The maximum Gasteiger partial charge on any atom is 0.272 e. The summed E-state index contributed by atoms with van der Waals surface area (Å²) < 4.78 is 36.9. The third-order valence-corrected chi connectivity index (χ3v) is 3.10. The normalized spacial score (nSPS) is 37.8. The zero-order chi connectivity index (χ0) is 16.1. The van der Waals surface area contributed by atoms with Crippen molar-refractivity contribution in [2.75, 3.05) is 13.2 Å². The number of benzene rings is 1. The summed E-state index contributed by atoms with van der Waals surface area (Å²) in [6, 6.07) is 6.38. The standard InChI is InChI=1S/C13H13ClN2O2/c14-10-3-1-9(2-4-10)11-12(17)16-13(15-11)5-7-18-8-6-13/h1-4H,5-8H2,(H,16,17)/i5D2,7D/hD. The predicted molar refractivity (Wildman–Crippen MR) is 68.9 cm³/mol. The lowest BCUT2D eigenvalue weighted by molar-refractivity contribution is -0.116. The maximum atomic E-state index is 12.4. The molecule has 1 spiro atoms. The van der Waals surface area contributed by atoms with Gasteiger partial charge in [0, 0.05) is 26.1 Å². The number of ether oxygens (including phenoxy) is 1. The largest absolute Gasteiger partial charge is 0.381 e. The highest BCUT2D eigenvalue weighted by atomic mass is 35.5. The SMILES string of the molecule is [2H]C1OCCC2(N=C(c3ccc(Cl)cc3)C(=O)N2[2H])C1([2H])[2H]. The summed E-state index contributed by atoms with van der Waals surface area (Å²) in [6.45, 7) is -1.44. The molecule has 0 aliphatic carbocycles. The lowest BCUT2D eigenvalue weighted by Gasteiger charge is -2.30. The van der Waals surface area contributed by atoms with Crippen LogP contribution in [-0.2, 0) is 9.53 Å². The second kappa shape index (κ2) is 4.37. The second-order valence-corrected chi connectivity index (χ2v) is 4.52. The molecule has 2 heterocycles. The van der Waals surface area contributed by atoms with Crippen LogP contribution in [0.4, 0.5) is 0 Å². The molecule has 0 saturated carbocycles. The zero-order valence-corrected chi connectivity index (χ0v) is 10.1. The Morgan fingerprint density at radius 1 is 1.50 bits per heavy atom. The first-order chi connectivity index (χ1) is 10.3. The number of rotatable bonds is 1. The Balaban J connectivity index is 2.10. The van der Waals surface area contributed by atoms with Crippen LogP contribution in [0.25, 0.3) is 0 Å². The minimum Gasteiger partial charge on any atom is -0.381 e. The Labute approximate surface area is 116 Å². The van der Waals surface area contributed by atoms with Gasteiger partial charge >= 0.3 is 0 Å². The van der Waals surface area contributed by atoms with Gasteiger partial charge in [0.2, 0.25) is 0 Å². The van der Waals surface area contributed by atoms with Crippen LogP contribution in [0.3, 0.4) is 0 Å². The van der Waals surface area contributed by atoms with Crippen molar-refractivity contribution in [2.24, 2.45) is 4.99 Å². The van der Waals surface area contributed by atoms with Gasteiger partial charge in [0.15, 0.2) is 1.41 Å². The molecule has 3 rings (SSSR count). The number of amides is 1. The minimum absolute atomic E-state index is 0.00430. The Morgan fingerprint density at radius 2 is 2.28 bits per heavy atom. The van der Waals surface area contributed by atoms with Gasteiger partial charge in [0.25, 0.3) is 5.91 Å². The van der Waals surface area contributed by atoms with Gasteiger partial charge in [-0.05, 0) is 12.1 Å². The first-order valence-corrected chi connectivity index (χ1v) is 5.90. The molecule has 1 amide bonds. The highest BCUT2D eigenvalue weighted by Gasteiger charge is 2.40. The smallest absolute Gasteiger partial charge is 0.272 e. The van der Waals surface area contributed by atoms with Crippen molar-refractivity contribution in [3.8, 4) is 0 Å². The lowest BCUT2D eigenvalue weighted by atomic mass is 10.0. The first kappa shape index (κ1) is 7.92. The van der Waals surface area contributed by atoms with Crippen LogP contribution in [0, 0.1) is 0 Å². The van der Waals surface area contributed by atoms with Crippen LogP contribution < -0.4 is 5.31 Å². The van der Waals surface area contributed by atoms with E-state index in [-0.39, 0.29) is 18.7 Å². The van der Waals surface area contributed by atoms with E-state index in [9.17, 15) is 4.79 Å². The van der Waals surface area contributed by atoms with E-state index in [1.54, 1.807) is 24.3 Å². The molecule has 1 fully saturated rings. The molecule has 0 radical (unpaired) electrons. The minimum atomic E-state index is -2.28. The highest BCUT2D eigenvalue weighted by molar-refractivity contribution is 6.47. The van der Waals surface area contributed by atoms with E-state index in [0.717, 1.165) is 0 Å². The van der Waals surface area contributed by atoms with Crippen LogP contribution in [0.1, 0.15) is 22.5 Å². The Kier molecular flexibility index (Phi) is 1.92. The zero-order valence-electron chi connectivity index (χ0n) is 13.4. The molecule has 2 aliphatic heterocycles. The molecule has 2 atom stereocenters. The molecule has 0 bridgehead atoms. The molecule has 0 aromatic heterocycles. The molecule has 1 saturated heterocycles. The number of halogens is 1. The van der Waals surface area contributed by atoms with Gasteiger partial charge in [-0.15, -0.1) is 0 Å². The Morgan fingerprint density at radius 3 is 3.06 bits per heavy atom. The first-order valence-electron chi connectivity index (χ1n) is 7.55. The summed E-state index contributed by atoms with van der Waals surface area (Å²) in [7, 11) is 0. The lowest BCUT2D eigenvalue weighted by Crippen LogP contribution is -2.46. The summed E-state index contributed by atoms with van der Waals surface area (Å²) in [6.07, 6.45) is -2.25. The van der Waals surface area contributed by atoms with Gasteiger partial charge in [-0.1, -0.05) is 23.7 Å². The Bertz CT molecular complexity index is 652. The summed E-state index contributed by atoms with van der Waals surface area (Å²) in [5.74, 6) is -0.694. The fourth-order valence-corrected chi connectivity index (χ4v) is 2.05. The molecular formula is C13H13ClN2O2. The molecule has 4 nitrogen and oxygen atoms in total. The average Bonchev–Trinajstić information content (AvgIpc) is 2.73. The van der Waals surface area contributed by atoms with Crippen LogP contribution in [0.15, 0.2) is 29.3 Å². The predicted octanol–water partition coefficient (Wildman–Crippen LogP) is 1.77. The molecule has 1 aromatic rings. The number of nitrogens with zero attached hydrogens (tertiary/aromatic N) is 1. The van der Waals surface area contributed by atoms with E-state index in [0.29, 0.717) is 15.9 Å². The molecule has 1 aromatic carbocycles. The third-order valence-electron chi connectivity index (χ3n) is 2.85. The molecule has 2 unspecified atom stereocenters.